The molecule has 1 amide bonds. The number of carbonyl (C=O) groups excluding carboxylic acids is 1. The van der Waals surface area contributed by atoms with Crippen molar-refractivity contribution in [2.75, 3.05) is 27.2 Å². The van der Waals surface area contributed by atoms with Crippen LogP contribution in [0.3, 0.4) is 0 Å². The largest absolute Gasteiger partial charge is 0.483 e. The lowest BCUT2D eigenvalue weighted by Gasteiger charge is -2.22. The molecule has 1 N–H and O–H groups in total. The average Bonchev–Trinajstić information content (AvgIpc) is 3.07. The van der Waals surface area contributed by atoms with Crippen LogP contribution in [0.15, 0.2) is 47.1 Å². The Hall–Kier alpha value is -2.27. The molecule has 0 saturated heterocycles. The van der Waals surface area contributed by atoms with Crippen molar-refractivity contribution in [3.8, 4) is 5.75 Å². The van der Waals surface area contributed by atoms with E-state index < -0.39 is 0 Å². The van der Waals surface area contributed by atoms with E-state index in [1.165, 1.54) is 0 Å². The first-order valence-electron chi connectivity index (χ1n) is 7.79. The van der Waals surface area contributed by atoms with Crippen LogP contribution in [-0.2, 0) is 11.2 Å². The summed E-state index contributed by atoms with van der Waals surface area (Å²) in [6, 6.07) is 11.5. The van der Waals surface area contributed by atoms with E-state index in [0.717, 1.165) is 23.5 Å². The van der Waals surface area contributed by atoms with Gasteiger partial charge in [0.2, 0.25) is 0 Å². The van der Waals surface area contributed by atoms with Crippen molar-refractivity contribution in [1.82, 2.24) is 10.2 Å². The summed E-state index contributed by atoms with van der Waals surface area (Å²) in [5, 5.41) is 2.89. The second kappa shape index (κ2) is 8.39. The van der Waals surface area contributed by atoms with Crippen LogP contribution < -0.4 is 10.1 Å². The lowest BCUT2D eigenvalue weighted by atomic mass is 10.1. The van der Waals surface area contributed by atoms with Gasteiger partial charge in [-0.3, -0.25) is 9.69 Å². The van der Waals surface area contributed by atoms with Crippen LogP contribution in [0.25, 0.3) is 0 Å². The number of rotatable bonds is 8. The smallest absolute Gasteiger partial charge is 0.258 e. The van der Waals surface area contributed by atoms with Gasteiger partial charge >= 0.3 is 0 Å². The minimum Gasteiger partial charge on any atom is -0.483 e. The quantitative estimate of drug-likeness (QED) is 0.813. The molecule has 0 bridgehead atoms. The van der Waals surface area contributed by atoms with Crippen molar-refractivity contribution >= 4 is 5.91 Å². The molecule has 0 aliphatic rings. The SMILES string of the molecule is CCc1ccccc1OCC(=O)NCC(c1ccco1)N(C)C. The lowest BCUT2D eigenvalue weighted by molar-refractivity contribution is -0.123. The van der Waals surface area contributed by atoms with Crippen LogP contribution >= 0.6 is 0 Å². The van der Waals surface area contributed by atoms with E-state index in [2.05, 4.69) is 12.2 Å². The normalized spacial score (nSPS) is 12.2. The molecule has 1 heterocycles. The first-order valence-corrected chi connectivity index (χ1v) is 7.79. The topological polar surface area (TPSA) is 54.7 Å². The molecule has 1 unspecified atom stereocenters. The molecule has 1 aromatic heterocycles. The molecule has 5 heteroatoms. The van der Waals surface area contributed by atoms with Crippen molar-refractivity contribution in [3.05, 3.63) is 54.0 Å². The Balaban J connectivity index is 1.85. The molecule has 124 valence electrons. The number of amides is 1. The Bertz CT molecular complexity index is 608. The van der Waals surface area contributed by atoms with E-state index in [-0.39, 0.29) is 18.6 Å². The van der Waals surface area contributed by atoms with E-state index in [4.69, 9.17) is 9.15 Å². The van der Waals surface area contributed by atoms with Gasteiger partial charge in [0.25, 0.3) is 5.91 Å². The van der Waals surface area contributed by atoms with Gasteiger partial charge < -0.3 is 14.5 Å². The summed E-state index contributed by atoms with van der Waals surface area (Å²) in [5.74, 6) is 1.45. The number of likely N-dealkylation sites (N-methyl/N-ethyl adjacent to an activating group) is 1. The van der Waals surface area contributed by atoms with Crippen molar-refractivity contribution in [3.63, 3.8) is 0 Å². The summed E-state index contributed by atoms with van der Waals surface area (Å²) in [7, 11) is 3.90. The molecule has 2 rings (SSSR count). The Morgan fingerprint density at radius 2 is 2.04 bits per heavy atom. The number of carbonyl (C=O) groups is 1. The van der Waals surface area contributed by atoms with E-state index >= 15 is 0 Å². The van der Waals surface area contributed by atoms with Crippen LogP contribution in [-0.4, -0.2) is 38.1 Å². The van der Waals surface area contributed by atoms with Gasteiger partial charge in [-0.25, -0.2) is 0 Å². The average molecular weight is 316 g/mol. The highest BCUT2D eigenvalue weighted by Crippen LogP contribution is 2.19. The number of furan rings is 1. The molecule has 0 saturated carbocycles. The first kappa shape index (κ1) is 17.1. The van der Waals surface area contributed by atoms with Crippen LogP contribution in [0.4, 0.5) is 0 Å². The third-order valence-electron chi connectivity index (χ3n) is 3.70. The number of nitrogens with zero attached hydrogens (tertiary/aromatic N) is 1. The molecule has 1 atom stereocenters. The number of hydrogen-bond donors (Lipinski definition) is 1. The second-order valence-electron chi connectivity index (χ2n) is 5.55. The monoisotopic (exact) mass is 316 g/mol. The van der Waals surface area contributed by atoms with Gasteiger partial charge in [-0.2, -0.15) is 0 Å². The zero-order valence-corrected chi connectivity index (χ0v) is 13.9. The predicted molar refractivity (Wildman–Crippen MR) is 89.5 cm³/mol. The van der Waals surface area contributed by atoms with Crippen LogP contribution in [0.2, 0.25) is 0 Å². The summed E-state index contributed by atoms with van der Waals surface area (Å²) in [4.78, 5) is 14.0. The third-order valence-corrected chi connectivity index (χ3v) is 3.70. The maximum atomic E-state index is 12.0. The van der Waals surface area contributed by atoms with Crippen molar-refractivity contribution in [2.24, 2.45) is 0 Å². The summed E-state index contributed by atoms with van der Waals surface area (Å²) < 4.78 is 11.0. The highest BCUT2D eigenvalue weighted by molar-refractivity contribution is 5.77. The van der Waals surface area contributed by atoms with E-state index in [9.17, 15) is 4.79 Å². The lowest BCUT2D eigenvalue weighted by Crippen LogP contribution is -2.36. The number of ether oxygens (including phenoxy) is 1. The van der Waals surface area contributed by atoms with Crippen molar-refractivity contribution in [2.45, 2.75) is 19.4 Å². The molecule has 0 aliphatic carbocycles. The fraction of sp³-hybridized carbons (Fsp3) is 0.389. The van der Waals surface area contributed by atoms with E-state index in [1.807, 2.05) is 55.4 Å². The number of nitrogens with one attached hydrogen (secondary N) is 1. The van der Waals surface area contributed by atoms with Crippen molar-refractivity contribution in [1.29, 1.82) is 0 Å². The summed E-state index contributed by atoms with van der Waals surface area (Å²) in [6.07, 6.45) is 2.51. The minimum atomic E-state index is -0.144. The zero-order chi connectivity index (χ0) is 16.7. The summed E-state index contributed by atoms with van der Waals surface area (Å²) >= 11 is 0. The molecule has 0 fully saturated rings. The Morgan fingerprint density at radius 1 is 1.26 bits per heavy atom. The third kappa shape index (κ3) is 4.86. The molecule has 1 aromatic carbocycles. The van der Waals surface area contributed by atoms with Crippen LogP contribution in [0.1, 0.15) is 24.3 Å². The molecule has 0 radical (unpaired) electrons. The standard InChI is InChI=1S/C18H24N2O3/c1-4-14-8-5-6-9-16(14)23-13-18(21)19-12-15(20(2)3)17-10-7-11-22-17/h5-11,15H,4,12-13H2,1-3H3,(H,19,21). The highest BCUT2D eigenvalue weighted by Gasteiger charge is 2.18. The fourth-order valence-corrected chi connectivity index (χ4v) is 2.36. The maximum Gasteiger partial charge on any atom is 0.258 e. The van der Waals surface area contributed by atoms with E-state index in [0.29, 0.717) is 6.54 Å². The Labute approximate surface area is 137 Å². The molecular formula is C18H24N2O3. The van der Waals surface area contributed by atoms with Gasteiger partial charge in [0.15, 0.2) is 6.61 Å². The summed E-state index contributed by atoms with van der Waals surface area (Å²) in [6.45, 7) is 2.54. The van der Waals surface area contributed by atoms with E-state index in [1.54, 1.807) is 6.26 Å². The number of aryl methyl sites for hydroxylation is 1. The maximum absolute atomic E-state index is 12.0. The van der Waals surface area contributed by atoms with Gasteiger partial charge in [0.1, 0.15) is 11.5 Å². The number of benzene rings is 1. The van der Waals surface area contributed by atoms with Gasteiger partial charge in [-0.15, -0.1) is 0 Å². The van der Waals surface area contributed by atoms with Gasteiger partial charge in [0, 0.05) is 6.54 Å². The number of para-hydroxylation sites is 1. The first-order chi connectivity index (χ1) is 11.1. The predicted octanol–water partition coefficient (Wildman–Crippen LogP) is 2.64. The molecule has 5 nitrogen and oxygen atoms in total. The van der Waals surface area contributed by atoms with Gasteiger partial charge in [0.05, 0.1) is 12.3 Å². The Morgan fingerprint density at radius 3 is 2.70 bits per heavy atom. The molecular weight excluding hydrogens is 292 g/mol. The molecule has 0 spiro atoms. The molecule has 2 aromatic rings. The molecule has 23 heavy (non-hydrogen) atoms. The fourth-order valence-electron chi connectivity index (χ4n) is 2.36. The van der Waals surface area contributed by atoms with Crippen LogP contribution in [0, 0.1) is 0 Å². The Kier molecular flexibility index (Phi) is 6.23. The van der Waals surface area contributed by atoms with Gasteiger partial charge in [-0.05, 0) is 44.3 Å². The highest BCUT2D eigenvalue weighted by atomic mass is 16.5. The zero-order valence-electron chi connectivity index (χ0n) is 13.9. The summed E-state index contributed by atoms with van der Waals surface area (Å²) in [5.41, 5.74) is 1.10. The number of hydrogen-bond acceptors (Lipinski definition) is 4. The van der Waals surface area contributed by atoms with Crippen LogP contribution in [0.5, 0.6) is 5.75 Å². The molecule has 0 aliphatic heterocycles. The van der Waals surface area contributed by atoms with Crippen molar-refractivity contribution < 1.29 is 13.9 Å². The minimum absolute atomic E-state index is 0.00289. The second-order valence-corrected chi connectivity index (χ2v) is 5.55. The van der Waals surface area contributed by atoms with Gasteiger partial charge in [-0.1, -0.05) is 25.1 Å².